The van der Waals surface area contributed by atoms with Crippen LogP contribution in [0.2, 0.25) is 0 Å². The summed E-state index contributed by atoms with van der Waals surface area (Å²) in [6.45, 7) is 1.86. The van der Waals surface area contributed by atoms with Crippen molar-refractivity contribution in [1.82, 2.24) is 4.90 Å². The predicted octanol–water partition coefficient (Wildman–Crippen LogP) is 2.81. The van der Waals surface area contributed by atoms with Gasteiger partial charge in [0.25, 0.3) is 21.6 Å². The summed E-state index contributed by atoms with van der Waals surface area (Å²) in [5.41, 5.74) is 1.18. The third kappa shape index (κ3) is 4.05. The highest BCUT2D eigenvalue weighted by atomic mass is 32.2. The highest BCUT2D eigenvalue weighted by molar-refractivity contribution is 7.93. The number of aryl methyl sites for hydroxylation is 1. The first kappa shape index (κ1) is 20.8. The summed E-state index contributed by atoms with van der Waals surface area (Å²) >= 11 is 1.31. The lowest BCUT2D eigenvalue weighted by Gasteiger charge is -2.27. The van der Waals surface area contributed by atoms with Crippen molar-refractivity contribution in [2.75, 3.05) is 31.0 Å². The average Bonchev–Trinajstić information content (AvgIpc) is 3.11. The fourth-order valence-electron chi connectivity index (χ4n) is 3.72. The molecule has 11 heteroatoms. The number of nitro benzene ring substituents is 1. The van der Waals surface area contributed by atoms with Crippen molar-refractivity contribution in [3.8, 4) is 0 Å². The molecule has 1 fully saturated rings. The van der Waals surface area contributed by atoms with E-state index >= 15 is 0 Å². The summed E-state index contributed by atoms with van der Waals surface area (Å²) in [4.78, 5) is 26.1. The smallest absolute Gasteiger partial charge is 0.269 e. The van der Waals surface area contributed by atoms with Crippen LogP contribution in [-0.2, 0) is 27.6 Å². The SMILES string of the molecule is O=C(c1c(NS(=O)(=O)c2ccc([N+](=O)[O-])cc2)sc2c1CCCC2)N1CCOCC1. The normalized spacial score (nSPS) is 16.7. The van der Waals surface area contributed by atoms with Crippen LogP contribution in [-0.4, -0.2) is 50.5 Å². The fourth-order valence-corrected chi connectivity index (χ4v) is 6.30. The number of morpholine rings is 1. The number of nitro groups is 1. The Labute approximate surface area is 177 Å². The largest absolute Gasteiger partial charge is 0.378 e. The van der Waals surface area contributed by atoms with E-state index in [1.54, 1.807) is 4.90 Å². The number of ether oxygens (including phenoxy) is 1. The van der Waals surface area contributed by atoms with E-state index in [-0.39, 0.29) is 16.5 Å². The zero-order valence-corrected chi connectivity index (χ0v) is 17.8. The third-order valence-corrected chi connectivity index (χ3v) is 7.97. The Kier molecular flexibility index (Phi) is 5.76. The van der Waals surface area contributed by atoms with Gasteiger partial charge in [-0.3, -0.25) is 19.6 Å². The van der Waals surface area contributed by atoms with Gasteiger partial charge < -0.3 is 9.64 Å². The Balaban J connectivity index is 1.68. The molecular formula is C19H21N3O6S2. The molecule has 1 aromatic heterocycles. The van der Waals surface area contributed by atoms with Crippen LogP contribution >= 0.6 is 11.3 Å². The second-order valence-electron chi connectivity index (χ2n) is 7.18. The van der Waals surface area contributed by atoms with E-state index in [2.05, 4.69) is 4.72 Å². The van der Waals surface area contributed by atoms with Crippen molar-refractivity contribution in [3.63, 3.8) is 0 Å². The van der Waals surface area contributed by atoms with E-state index in [9.17, 15) is 23.3 Å². The summed E-state index contributed by atoms with van der Waals surface area (Å²) in [6, 6.07) is 4.68. The Morgan fingerprint density at radius 3 is 2.47 bits per heavy atom. The average molecular weight is 452 g/mol. The standard InChI is InChI=1S/C19H21N3O6S2/c23-19(21-9-11-28-12-10-21)17-15-3-1-2-4-16(15)29-18(17)20-30(26,27)14-7-5-13(6-8-14)22(24)25/h5-8,20H,1-4,9-12H2. The van der Waals surface area contributed by atoms with Crippen molar-refractivity contribution in [3.05, 3.63) is 50.4 Å². The molecule has 2 heterocycles. The van der Waals surface area contributed by atoms with Gasteiger partial charge in [-0.05, 0) is 43.4 Å². The molecule has 0 unspecified atom stereocenters. The number of non-ortho nitro benzene ring substituents is 1. The second kappa shape index (κ2) is 8.32. The molecule has 0 bridgehead atoms. The van der Waals surface area contributed by atoms with Crippen LogP contribution in [0.4, 0.5) is 10.7 Å². The molecule has 0 atom stereocenters. The van der Waals surface area contributed by atoms with E-state index in [1.165, 1.54) is 23.5 Å². The Morgan fingerprint density at radius 1 is 1.13 bits per heavy atom. The van der Waals surface area contributed by atoms with E-state index in [0.29, 0.717) is 36.9 Å². The predicted molar refractivity (Wildman–Crippen MR) is 112 cm³/mol. The number of nitrogens with one attached hydrogen (secondary N) is 1. The number of anilines is 1. The van der Waals surface area contributed by atoms with Gasteiger partial charge in [-0.25, -0.2) is 8.42 Å². The number of thiophene rings is 1. The lowest BCUT2D eigenvalue weighted by atomic mass is 9.95. The molecule has 160 valence electrons. The molecule has 1 aliphatic carbocycles. The summed E-state index contributed by atoms with van der Waals surface area (Å²) < 4.78 is 33.8. The Bertz CT molecular complexity index is 1070. The molecule has 1 saturated heterocycles. The molecule has 2 aromatic rings. The molecule has 30 heavy (non-hydrogen) atoms. The van der Waals surface area contributed by atoms with Crippen LogP contribution in [0.1, 0.15) is 33.6 Å². The maximum atomic E-state index is 13.3. The first-order valence-corrected chi connectivity index (χ1v) is 12.0. The molecule has 2 aliphatic rings. The van der Waals surface area contributed by atoms with E-state index < -0.39 is 14.9 Å². The molecule has 1 N–H and O–H groups in total. The number of hydrogen-bond donors (Lipinski definition) is 1. The first-order chi connectivity index (χ1) is 14.4. The number of rotatable bonds is 5. The zero-order chi connectivity index (χ0) is 21.3. The van der Waals surface area contributed by atoms with Crippen molar-refractivity contribution in [1.29, 1.82) is 0 Å². The molecule has 1 aliphatic heterocycles. The van der Waals surface area contributed by atoms with E-state index in [4.69, 9.17) is 4.74 Å². The molecule has 0 radical (unpaired) electrons. The molecule has 9 nitrogen and oxygen atoms in total. The van der Waals surface area contributed by atoms with Gasteiger partial charge in [0.15, 0.2) is 0 Å². The fraction of sp³-hybridized carbons (Fsp3) is 0.421. The monoisotopic (exact) mass is 451 g/mol. The highest BCUT2D eigenvalue weighted by Gasteiger charge is 2.31. The minimum absolute atomic E-state index is 0.0933. The van der Waals surface area contributed by atoms with Gasteiger partial charge in [0.1, 0.15) is 5.00 Å². The van der Waals surface area contributed by atoms with E-state index in [0.717, 1.165) is 48.3 Å². The van der Waals surface area contributed by atoms with Crippen molar-refractivity contribution in [2.24, 2.45) is 0 Å². The summed E-state index contributed by atoms with van der Waals surface area (Å²) in [5.74, 6) is -0.181. The molecule has 0 spiro atoms. The molecular weight excluding hydrogens is 430 g/mol. The van der Waals surface area contributed by atoms with Gasteiger partial charge in [0.05, 0.1) is 28.6 Å². The summed E-state index contributed by atoms with van der Waals surface area (Å²) in [7, 11) is -4.00. The van der Waals surface area contributed by atoms with Crippen LogP contribution in [0.15, 0.2) is 29.2 Å². The number of sulfonamides is 1. The number of benzene rings is 1. The van der Waals surface area contributed by atoms with Gasteiger partial charge in [-0.2, -0.15) is 0 Å². The second-order valence-corrected chi connectivity index (χ2v) is 9.96. The van der Waals surface area contributed by atoms with E-state index in [1.807, 2.05) is 0 Å². The first-order valence-electron chi connectivity index (χ1n) is 9.65. The van der Waals surface area contributed by atoms with Crippen LogP contribution < -0.4 is 4.72 Å². The molecule has 0 saturated carbocycles. The number of fused-ring (bicyclic) bond motifs is 1. The maximum absolute atomic E-state index is 13.3. The van der Waals surface area contributed by atoms with Gasteiger partial charge >= 0.3 is 0 Å². The number of carbonyl (C=O) groups is 1. The van der Waals surface area contributed by atoms with Gasteiger partial charge in [0.2, 0.25) is 0 Å². The molecule has 1 aromatic carbocycles. The number of nitrogens with zero attached hydrogens (tertiary/aromatic N) is 2. The molecule has 4 rings (SSSR count). The minimum atomic E-state index is -4.00. The van der Waals surface area contributed by atoms with Crippen molar-refractivity contribution < 1.29 is 22.9 Å². The number of carbonyl (C=O) groups excluding carboxylic acids is 1. The van der Waals surface area contributed by atoms with Crippen molar-refractivity contribution >= 4 is 38.0 Å². The summed E-state index contributed by atoms with van der Waals surface area (Å²) in [5, 5.41) is 11.1. The van der Waals surface area contributed by atoms with Gasteiger partial charge in [-0.15, -0.1) is 11.3 Å². The van der Waals surface area contributed by atoms with Crippen molar-refractivity contribution in [2.45, 2.75) is 30.6 Å². The van der Waals surface area contributed by atoms with Gasteiger partial charge in [-0.1, -0.05) is 0 Å². The Hall–Kier alpha value is -2.50. The van der Waals surface area contributed by atoms with Crippen LogP contribution in [0, 0.1) is 10.1 Å². The topological polar surface area (TPSA) is 119 Å². The minimum Gasteiger partial charge on any atom is -0.378 e. The Morgan fingerprint density at radius 2 is 1.80 bits per heavy atom. The summed E-state index contributed by atoms with van der Waals surface area (Å²) in [6.07, 6.45) is 3.54. The molecule has 1 amide bonds. The van der Waals surface area contributed by atoms with Gasteiger partial charge in [0, 0.05) is 30.1 Å². The van der Waals surface area contributed by atoms with Crippen LogP contribution in [0.25, 0.3) is 0 Å². The lowest BCUT2D eigenvalue weighted by Crippen LogP contribution is -2.41. The lowest BCUT2D eigenvalue weighted by molar-refractivity contribution is -0.384. The van der Waals surface area contributed by atoms with Crippen LogP contribution in [0.3, 0.4) is 0 Å². The highest BCUT2D eigenvalue weighted by Crippen LogP contribution is 2.40. The van der Waals surface area contributed by atoms with Crippen LogP contribution in [0.5, 0.6) is 0 Å². The number of amides is 1. The maximum Gasteiger partial charge on any atom is 0.269 e. The quantitative estimate of drug-likeness (QED) is 0.552. The third-order valence-electron chi connectivity index (χ3n) is 5.27. The number of hydrogen-bond acceptors (Lipinski definition) is 7. The zero-order valence-electron chi connectivity index (χ0n) is 16.1.